The molecular weight excluding hydrogens is 214 g/mol. The van der Waals surface area contributed by atoms with E-state index >= 15 is 0 Å². The molecule has 0 aliphatic carbocycles. The second-order valence-corrected chi connectivity index (χ2v) is 3.96. The Morgan fingerprint density at radius 3 is 2.65 bits per heavy atom. The summed E-state index contributed by atoms with van der Waals surface area (Å²) in [6.07, 6.45) is 4.43. The maximum absolute atomic E-state index is 4.59. The van der Waals surface area contributed by atoms with Crippen LogP contribution in [-0.4, -0.2) is 26.6 Å². The molecule has 2 heterocycles. The van der Waals surface area contributed by atoms with Gasteiger partial charge in [-0.25, -0.2) is 15.0 Å². The lowest BCUT2D eigenvalue weighted by molar-refractivity contribution is 0.896. The molecule has 0 unspecified atom stereocenters. The molecule has 5 heteroatoms. The highest BCUT2D eigenvalue weighted by atomic mass is 15.1. The number of hydrogen-bond acceptors (Lipinski definition) is 4. The number of rotatable bonds is 3. The fourth-order valence-electron chi connectivity index (χ4n) is 1.84. The van der Waals surface area contributed by atoms with Crippen LogP contribution in [0, 0.1) is 6.92 Å². The average molecular weight is 231 g/mol. The Morgan fingerprint density at radius 2 is 2.12 bits per heavy atom. The van der Waals surface area contributed by atoms with E-state index in [0.29, 0.717) is 0 Å². The van der Waals surface area contributed by atoms with Crippen LogP contribution in [0.3, 0.4) is 0 Å². The van der Waals surface area contributed by atoms with Gasteiger partial charge in [-0.3, -0.25) is 0 Å². The van der Waals surface area contributed by atoms with Gasteiger partial charge in [0.1, 0.15) is 11.5 Å². The molecule has 0 saturated heterocycles. The third-order valence-corrected chi connectivity index (χ3v) is 2.86. The fourth-order valence-corrected chi connectivity index (χ4v) is 1.84. The molecule has 2 aromatic heterocycles. The Morgan fingerprint density at radius 1 is 1.35 bits per heavy atom. The molecule has 0 fully saturated rings. The molecule has 17 heavy (non-hydrogen) atoms. The van der Waals surface area contributed by atoms with Crippen LogP contribution in [0.1, 0.15) is 18.2 Å². The lowest BCUT2D eigenvalue weighted by Gasteiger charge is -2.11. The van der Waals surface area contributed by atoms with Crippen LogP contribution < -0.4 is 5.32 Å². The van der Waals surface area contributed by atoms with Crippen LogP contribution >= 0.6 is 0 Å². The molecule has 5 nitrogen and oxygen atoms in total. The Bertz CT molecular complexity index is 504. The van der Waals surface area contributed by atoms with Gasteiger partial charge in [0.25, 0.3) is 0 Å². The van der Waals surface area contributed by atoms with E-state index < -0.39 is 0 Å². The standard InChI is InChI=1S/C12H17N5/c1-5-9-8(2)11(13-3)16-12(15-9)10-6-14-7-17(10)4/h6-7H,5H2,1-4H3,(H,13,15,16). The van der Waals surface area contributed by atoms with Crippen LogP contribution in [0.2, 0.25) is 0 Å². The van der Waals surface area contributed by atoms with Gasteiger partial charge in [0.2, 0.25) is 0 Å². The van der Waals surface area contributed by atoms with E-state index in [0.717, 1.165) is 35.0 Å². The number of anilines is 1. The molecule has 90 valence electrons. The summed E-state index contributed by atoms with van der Waals surface area (Å²) in [4.78, 5) is 13.2. The molecule has 0 aliphatic heterocycles. The van der Waals surface area contributed by atoms with Crippen molar-refractivity contribution in [2.24, 2.45) is 7.05 Å². The third-order valence-electron chi connectivity index (χ3n) is 2.86. The fraction of sp³-hybridized carbons (Fsp3) is 0.417. The normalized spacial score (nSPS) is 10.6. The summed E-state index contributed by atoms with van der Waals surface area (Å²) in [5.41, 5.74) is 3.11. The lowest BCUT2D eigenvalue weighted by Crippen LogP contribution is -2.06. The molecule has 0 aliphatic rings. The van der Waals surface area contributed by atoms with E-state index in [-0.39, 0.29) is 0 Å². The van der Waals surface area contributed by atoms with E-state index in [1.54, 1.807) is 12.5 Å². The highest BCUT2D eigenvalue weighted by molar-refractivity contribution is 5.56. The Balaban J connectivity index is 2.60. The van der Waals surface area contributed by atoms with Crippen molar-refractivity contribution in [3.63, 3.8) is 0 Å². The smallest absolute Gasteiger partial charge is 0.180 e. The van der Waals surface area contributed by atoms with E-state index in [9.17, 15) is 0 Å². The van der Waals surface area contributed by atoms with Gasteiger partial charge in [-0.15, -0.1) is 0 Å². The van der Waals surface area contributed by atoms with E-state index in [2.05, 4.69) is 27.2 Å². The van der Waals surface area contributed by atoms with Gasteiger partial charge in [-0.1, -0.05) is 6.92 Å². The summed E-state index contributed by atoms with van der Waals surface area (Å²) in [7, 11) is 3.82. The van der Waals surface area contributed by atoms with Gasteiger partial charge in [0.05, 0.1) is 12.5 Å². The number of nitrogens with one attached hydrogen (secondary N) is 1. The van der Waals surface area contributed by atoms with Gasteiger partial charge in [-0.05, 0) is 13.3 Å². The van der Waals surface area contributed by atoms with Crippen molar-refractivity contribution in [1.82, 2.24) is 19.5 Å². The minimum atomic E-state index is 0.719. The minimum Gasteiger partial charge on any atom is -0.373 e. The van der Waals surface area contributed by atoms with Crippen LogP contribution in [0.5, 0.6) is 0 Å². The summed E-state index contributed by atoms with van der Waals surface area (Å²) in [6, 6.07) is 0. The first-order chi connectivity index (χ1) is 8.17. The maximum Gasteiger partial charge on any atom is 0.180 e. The molecule has 0 spiro atoms. The van der Waals surface area contributed by atoms with Crippen LogP contribution in [0.15, 0.2) is 12.5 Å². The van der Waals surface area contributed by atoms with Gasteiger partial charge < -0.3 is 9.88 Å². The van der Waals surface area contributed by atoms with Crippen molar-refractivity contribution < 1.29 is 0 Å². The average Bonchev–Trinajstić information content (AvgIpc) is 2.76. The maximum atomic E-state index is 4.59. The summed E-state index contributed by atoms with van der Waals surface area (Å²) < 4.78 is 1.92. The summed E-state index contributed by atoms with van der Waals surface area (Å²) in [6.45, 7) is 4.14. The van der Waals surface area contributed by atoms with E-state index in [4.69, 9.17) is 0 Å². The summed E-state index contributed by atoms with van der Waals surface area (Å²) in [5.74, 6) is 1.60. The number of aromatic nitrogens is 4. The quantitative estimate of drug-likeness (QED) is 0.875. The molecule has 0 saturated carbocycles. The van der Waals surface area contributed by atoms with Crippen LogP contribution in [0.4, 0.5) is 5.82 Å². The first-order valence-corrected chi connectivity index (χ1v) is 5.69. The first-order valence-electron chi connectivity index (χ1n) is 5.69. The second-order valence-electron chi connectivity index (χ2n) is 3.96. The molecule has 2 aromatic rings. The number of nitrogens with zero attached hydrogens (tertiary/aromatic N) is 4. The van der Waals surface area contributed by atoms with Gasteiger partial charge in [-0.2, -0.15) is 0 Å². The number of hydrogen-bond donors (Lipinski definition) is 1. The van der Waals surface area contributed by atoms with Crippen LogP contribution in [-0.2, 0) is 13.5 Å². The Hall–Kier alpha value is -1.91. The zero-order chi connectivity index (χ0) is 12.4. The topological polar surface area (TPSA) is 55.6 Å². The van der Waals surface area contributed by atoms with Crippen LogP contribution in [0.25, 0.3) is 11.5 Å². The molecule has 0 aromatic carbocycles. The van der Waals surface area contributed by atoms with Gasteiger partial charge in [0.15, 0.2) is 5.82 Å². The Labute approximate surface area is 101 Å². The number of aryl methyl sites for hydroxylation is 2. The monoisotopic (exact) mass is 231 g/mol. The van der Waals surface area contributed by atoms with E-state index in [1.165, 1.54) is 0 Å². The van der Waals surface area contributed by atoms with Crippen molar-refractivity contribution in [3.05, 3.63) is 23.8 Å². The summed E-state index contributed by atoms with van der Waals surface area (Å²) >= 11 is 0. The number of imidazole rings is 1. The van der Waals surface area contributed by atoms with E-state index in [1.807, 2.05) is 25.6 Å². The first kappa shape index (κ1) is 11.6. The molecule has 0 bridgehead atoms. The lowest BCUT2D eigenvalue weighted by atomic mass is 10.2. The third kappa shape index (κ3) is 2.00. The van der Waals surface area contributed by atoms with Gasteiger partial charge in [0, 0.05) is 25.4 Å². The zero-order valence-corrected chi connectivity index (χ0v) is 10.7. The molecule has 0 atom stereocenters. The van der Waals surface area contributed by atoms with Crippen molar-refractivity contribution in [2.45, 2.75) is 20.3 Å². The zero-order valence-electron chi connectivity index (χ0n) is 10.7. The van der Waals surface area contributed by atoms with Crippen molar-refractivity contribution in [2.75, 3.05) is 12.4 Å². The largest absolute Gasteiger partial charge is 0.373 e. The molecular formula is C12H17N5. The van der Waals surface area contributed by atoms with Crippen molar-refractivity contribution >= 4 is 5.82 Å². The molecule has 1 N–H and O–H groups in total. The molecule has 2 rings (SSSR count). The molecule has 0 amide bonds. The van der Waals surface area contributed by atoms with Crippen molar-refractivity contribution in [1.29, 1.82) is 0 Å². The molecule has 0 radical (unpaired) electrons. The van der Waals surface area contributed by atoms with Crippen molar-refractivity contribution in [3.8, 4) is 11.5 Å². The highest BCUT2D eigenvalue weighted by Gasteiger charge is 2.12. The van der Waals surface area contributed by atoms with Gasteiger partial charge >= 0.3 is 0 Å². The SMILES string of the molecule is CCc1nc(-c2cncn2C)nc(NC)c1C. The minimum absolute atomic E-state index is 0.719. The Kier molecular flexibility index (Phi) is 3.08. The predicted octanol–water partition coefficient (Wildman–Crippen LogP) is 1.79. The second kappa shape index (κ2) is 4.53. The highest BCUT2D eigenvalue weighted by Crippen LogP contribution is 2.21. The summed E-state index contributed by atoms with van der Waals surface area (Å²) in [5, 5.41) is 3.11. The predicted molar refractivity (Wildman–Crippen MR) is 67.9 cm³/mol.